The lowest BCUT2D eigenvalue weighted by atomic mass is 10.1. The van der Waals surface area contributed by atoms with Crippen molar-refractivity contribution in [3.8, 4) is 17.0 Å². The molecule has 0 spiro atoms. The highest BCUT2D eigenvalue weighted by molar-refractivity contribution is 5.71. The van der Waals surface area contributed by atoms with Crippen molar-refractivity contribution in [3.63, 3.8) is 0 Å². The molecule has 6 heteroatoms. The fourth-order valence-electron chi connectivity index (χ4n) is 2.10. The van der Waals surface area contributed by atoms with Gasteiger partial charge in [0.25, 0.3) is 5.56 Å². The Morgan fingerprint density at radius 3 is 2.73 bits per heavy atom. The van der Waals surface area contributed by atoms with Crippen molar-refractivity contribution in [1.29, 1.82) is 0 Å². The van der Waals surface area contributed by atoms with Crippen LogP contribution >= 0.6 is 0 Å². The van der Waals surface area contributed by atoms with Gasteiger partial charge in [0.15, 0.2) is 0 Å². The molecule has 0 amide bonds. The second kappa shape index (κ2) is 6.43. The van der Waals surface area contributed by atoms with E-state index in [4.69, 9.17) is 9.84 Å². The number of benzene rings is 1. The Hall–Kier alpha value is -2.63. The average Bonchev–Trinajstić information content (AvgIpc) is 2.42. The maximum atomic E-state index is 11.9. The van der Waals surface area contributed by atoms with Gasteiger partial charge in [0.05, 0.1) is 18.2 Å². The Bertz CT molecular complexity index is 750. The monoisotopic (exact) mass is 302 g/mol. The number of carbonyl (C=O) groups is 1. The largest absolute Gasteiger partial charge is 0.491 e. The molecule has 0 fully saturated rings. The Morgan fingerprint density at radius 2 is 2.09 bits per heavy atom. The molecule has 0 aliphatic carbocycles. The second-order valence-electron chi connectivity index (χ2n) is 5.25. The molecule has 2 rings (SSSR count). The molecule has 116 valence electrons. The van der Waals surface area contributed by atoms with E-state index in [0.29, 0.717) is 11.4 Å². The highest BCUT2D eigenvalue weighted by Gasteiger charge is 2.11. The summed E-state index contributed by atoms with van der Waals surface area (Å²) in [7, 11) is 1.51. The van der Waals surface area contributed by atoms with Crippen molar-refractivity contribution in [3.05, 3.63) is 46.2 Å². The van der Waals surface area contributed by atoms with E-state index in [0.717, 1.165) is 10.2 Å². The molecule has 0 aliphatic rings. The van der Waals surface area contributed by atoms with Gasteiger partial charge < -0.3 is 9.84 Å². The van der Waals surface area contributed by atoms with Gasteiger partial charge in [0, 0.05) is 18.2 Å². The van der Waals surface area contributed by atoms with Crippen LogP contribution in [0.1, 0.15) is 19.4 Å². The molecule has 0 unspecified atom stereocenters. The molecule has 0 saturated heterocycles. The summed E-state index contributed by atoms with van der Waals surface area (Å²) in [6, 6.07) is 8.84. The highest BCUT2D eigenvalue weighted by Crippen LogP contribution is 2.23. The van der Waals surface area contributed by atoms with Crippen molar-refractivity contribution in [2.45, 2.75) is 26.4 Å². The number of aliphatic carboxylic acids is 1. The van der Waals surface area contributed by atoms with Gasteiger partial charge in [-0.1, -0.05) is 12.1 Å². The van der Waals surface area contributed by atoms with Gasteiger partial charge in [-0.2, -0.15) is 5.10 Å². The quantitative estimate of drug-likeness (QED) is 0.911. The van der Waals surface area contributed by atoms with Crippen LogP contribution in [0.5, 0.6) is 5.75 Å². The Kier molecular flexibility index (Phi) is 4.60. The second-order valence-corrected chi connectivity index (χ2v) is 5.25. The Balaban J connectivity index is 2.46. The first kappa shape index (κ1) is 15.8. The number of aromatic nitrogens is 2. The third-order valence-electron chi connectivity index (χ3n) is 2.98. The van der Waals surface area contributed by atoms with Gasteiger partial charge in [-0.25, -0.2) is 4.68 Å². The normalized spacial score (nSPS) is 10.7. The molecule has 0 radical (unpaired) electrons. The summed E-state index contributed by atoms with van der Waals surface area (Å²) < 4.78 is 6.79. The molecule has 6 nitrogen and oxygen atoms in total. The molecule has 1 heterocycles. The van der Waals surface area contributed by atoms with E-state index < -0.39 is 11.5 Å². The summed E-state index contributed by atoms with van der Waals surface area (Å²) in [6.45, 7) is 3.87. The first-order valence-electron chi connectivity index (χ1n) is 6.93. The lowest BCUT2D eigenvalue weighted by molar-refractivity contribution is -0.136. The fourth-order valence-corrected chi connectivity index (χ4v) is 2.10. The fraction of sp³-hybridized carbons (Fsp3) is 0.312. The smallest absolute Gasteiger partial charge is 0.308 e. The van der Waals surface area contributed by atoms with Crippen LogP contribution in [0, 0.1) is 0 Å². The number of carboxylic acids is 1. The van der Waals surface area contributed by atoms with E-state index in [9.17, 15) is 9.59 Å². The summed E-state index contributed by atoms with van der Waals surface area (Å²) in [6.07, 6.45) is -0.282. The minimum Gasteiger partial charge on any atom is -0.491 e. The highest BCUT2D eigenvalue weighted by atomic mass is 16.5. The van der Waals surface area contributed by atoms with E-state index in [-0.39, 0.29) is 18.1 Å². The predicted octanol–water partition coefficient (Wildman–Crippen LogP) is 1.86. The van der Waals surface area contributed by atoms with Crippen LogP contribution in [0.2, 0.25) is 0 Å². The molecular formula is C16H18N2O4. The van der Waals surface area contributed by atoms with Crippen LogP contribution in [0.15, 0.2) is 35.1 Å². The van der Waals surface area contributed by atoms with Crippen molar-refractivity contribution >= 4 is 5.97 Å². The Labute approximate surface area is 128 Å². The number of rotatable bonds is 5. The Morgan fingerprint density at radius 1 is 1.36 bits per heavy atom. The van der Waals surface area contributed by atoms with Gasteiger partial charge in [0.1, 0.15) is 5.75 Å². The number of aryl methyl sites for hydroxylation is 1. The predicted molar refractivity (Wildman–Crippen MR) is 82.0 cm³/mol. The molecule has 0 aliphatic heterocycles. The molecule has 1 aromatic carbocycles. The maximum Gasteiger partial charge on any atom is 0.308 e. The maximum absolute atomic E-state index is 11.9. The van der Waals surface area contributed by atoms with E-state index >= 15 is 0 Å². The molecule has 1 aromatic heterocycles. The van der Waals surface area contributed by atoms with Crippen LogP contribution in [0.25, 0.3) is 11.3 Å². The van der Waals surface area contributed by atoms with Gasteiger partial charge in [-0.3, -0.25) is 9.59 Å². The molecule has 2 aromatic rings. The van der Waals surface area contributed by atoms with Gasteiger partial charge >= 0.3 is 5.97 Å². The van der Waals surface area contributed by atoms with Crippen LogP contribution in [-0.2, 0) is 18.3 Å². The molecule has 22 heavy (non-hydrogen) atoms. The minimum absolute atomic E-state index is 0.0471. The number of carboxylic acid groups (broad SMARTS) is 1. The molecule has 0 bridgehead atoms. The zero-order valence-corrected chi connectivity index (χ0v) is 12.7. The van der Waals surface area contributed by atoms with E-state index in [1.54, 1.807) is 0 Å². The number of hydrogen-bond donors (Lipinski definition) is 1. The van der Waals surface area contributed by atoms with E-state index in [1.165, 1.54) is 13.1 Å². The number of hydrogen-bond acceptors (Lipinski definition) is 4. The van der Waals surface area contributed by atoms with Crippen LogP contribution in [0.4, 0.5) is 0 Å². The first-order chi connectivity index (χ1) is 10.4. The zero-order chi connectivity index (χ0) is 16.3. The summed E-state index contributed by atoms with van der Waals surface area (Å²) in [4.78, 5) is 22.8. The average molecular weight is 302 g/mol. The van der Waals surface area contributed by atoms with Gasteiger partial charge in [-0.05, 0) is 32.0 Å². The van der Waals surface area contributed by atoms with Crippen LogP contribution in [-0.4, -0.2) is 27.0 Å². The number of nitrogens with zero attached hydrogens (tertiary/aromatic N) is 2. The van der Waals surface area contributed by atoms with Crippen molar-refractivity contribution in [2.75, 3.05) is 0 Å². The third kappa shape index (κ3) is 3.72. The topological polar surface area (TPSA) is 81.4 Å². The lowest BCUT2D eigenvalue weighted by Crippen LogP contribution is -2.25. The van der Waals surface area contributed by atoms with Crippen molar-refractivity contribution in [2.24, 2.45) is 7.05 Å². The summed E-state index contributed by atoms with van der Waals surface area (Å²) in [5, 5.41) is 13.1. The zero-order valence-electron chi connectivity index (χ0n) is 12.7. The van der Waals surface area contributed by atoms with Crippen LogP contribution < -0.4 is 10.3 Å². The SMILES string of the molecule is CC(C)Oc1cccc(-c2cc(CC(=O)O)c(=O)n(C)n2)c1. The molecule has 0 saturated carbocycles. The summed E-state index contributed by atoms with van der Waals surface area (Å²) in [5.41, 5.74) is 1.10. The lowest BCUT2D eigenvalue weighted by Gasteiger charge is -2.11. The molecular weight excluding hydrogens is 284 g/mol. The standard InChI is InChI=1S/C16H18N2O4/c1-10(2)22-13-6-4-5-11(7-13)14-8-12(9-15(19)20)16(21)18(3)17-14/h4-8,10H,9H2,1-3H3,(H,19,20). The minimum atomic E-state index is -1.05. The van der Waals surface area contributed by atoms with Crippen LogP contribution in [0.3, 0.4) is 0 Å². The van der Waals surface area contributed by atoms with E-state index in [2.05, 4.69) is 5.10 Å². The van der Waals surface area contributed by atoms with Crippen molar-refractivity contribution < 1.29 is 14.6 Å². The molecule has 1 N–H and O–H groups in total. The first-order valence-corrected chi connectivity index (χ1v) is 6.93. The summed E-state index contributed by atoms with van der Waals surface area (Å²) >= 11 is 0. The molecule has 0 atom stereocenters. The summed E-state index contributed by atoms with van der Waals surface area (Å²) in [5.74, 6) is -0.353. The van der Waals surface area contributed by atoms with Gasteiger partial charge in [0.2, 0.25) is 0 Å². The number of ether oxygens (including phenoxy) is 1. The van der Waals surface area contributed by atoms with E-state index in [1.807, 2.05) is 38.1 Å². The van der Waals surface area contributed by atoms with Gasteiger partial charge in [-0.15, -0.1) is 0 Å². The van der Waals surface area contributed by atoms with Crippen molar-refractivity contribution in [1.82, 2.24) is 9.78 Å². The third-order valence-corrected chi connectivity index (χ3v) is 2.98.